The lowest BCUT2D eigenvalue weighted by Gasteiger charge is -2.11. The van der Waals surface area contributed by atoms with Crippen molar-refractivity contribution in [3.05, 3.63) is 98.9 Å². The van der Waals surface area contributed by atoms with Crippen molar-refractivity contribution in [3.8, 4) is 11.4 Å². The maximum atomic E-state index is 12.9. The number of aryl methyl sites for hydroxylation is 2. The van der Waals surface area contributed by atoms with E-state index in [4.69, 9.17) is 16.3 Å². The lowest BCUT2D eigenvalue weighted by atomic mass is 10.2. The molecule has 0 aliphatic rings. The third-order valence-electron chi connectivity index (χ3n) is 5.30. The normalized spacial score (nSPS) is 11.7. The lowest BCUT2D eigenvalue weighted by molar-refractivity contribution is 0.415. The standard InChI is InChI=1S/C25H23ClN4O4S/c1-16-4-8-19(9-5-16)29-35(32,33)21-12-13-23(24(14-21)34-3)27-15-22-17(2)28-30(25(22)31)20-10-6-18(26)7-11-20/h4-15,28-29H,1-3H3. The van der Waals surface area contributed by atoms with Gasteiger partial charge in [0.15, 0.2) is 0 Å². The minimum Gasteiger partial charge on any atom is -0.494 e. The van der Waals surface area contributed by atoms with E-state index in [1.807, 2.05) is 19.1 Å². The summed E-state index contributed by atoms with van der Waals surface area (Å²) in [5.41, 5.74) is 3.18. The summed E-state index contributed by atoms with van der Waals surface area (Å²) in [5, 5.41) is 3.59. The van der Waals surface area contributed by atoms with E-state index in [2.05, 4.69) is 14.8 Å². The highest BCUT2D eigenvalue weighted by Gasteiger charge is 2.17. The van der Waals surface area contributed by atoms with Gasteiger partial charge in [0.1, 0.15) is 11.4 Å². The molecule has 0 aliphatic carbocycles. The number of aromatic nitrogens is 2. The quantitative estimate of drug-likeness (QED) is 0.341. The Balaban J connectivity index is 1.62. The van der Waals surface area contributed by atoms with Gasteiger partial charge in [-0.2, -0.15) is 0 Å². The molecule has 4 aromatic rings. The van der Waals surface area contributed by atoms with Crippen LogP contribution in [0.25, 0.3) is 5.69 Å². The number of anilines is 1. The van der Waals surface area contributed by atoms with Gasteiger partial charge in [-0.15, -0.1) is 0 Å². The summed E-state index contributed by atoms with van der Waals surface area (Å²) < 4.78 is 35.0. The van der Waals surface area contributed by atoms with Crippen LogP contribution >= 0.6 is 11.6 Å². The summed E-state index contributed by atoms with van der Waals surface area (Å²) in [5.74, 6) is 0.249. The molecule has 35 heavy (non-hydrogen) atoms. The predicted molar refractivity (Wildman–Crippen MR) is 138 cm³/mol. The van der Waals surface area contributed by atoms with Crippen molar-refractivity contribution in [2.45, 2.75) is 18.7 Å². The molecule has 2 N–H and O–H groups in total. The van der Waals surface area contributed by atoms with Crippen LogP contribution in [0.5, 0.6) is 5.75 Å². The zero-order valence-corrected chi connectivity index (χ0v) is 20.8. The Morgan fingerprint density at radius 2 is 1.71 bits per heavy atom. The van der Waals surface area contributed by atoms with E-state index in [1.165, 1.54) is 36.2 Å². The molecule has 1 aromatic heterocycles. The molecule has 4 rings (SSSR count). The van der Waals surface area contributed by atoms with E-state index in [0.717, 1.165) is 5.56 Å². The monoisotopic (exact) mass is 510 g/mol. The Bertz CT molecular complexity index is 1550. The van der Waals surface area contributed by atoms with Crippen LogP contribution < -0.4 is 15.0 Å². The van der Waals surface area contributed by atoms with E-state index < -0.39 is 10.0 Å². The second-order valence-electron chi connectivity index (χ2n) is 7.83. The Hall–Kier alpha value is -3.82. The second-order valence-corrected chi connectivity index (χ2v) is 9.95. The molecule has 0 saturated carbocycles. The Labute approximate surface area is 207 Å². The van der Waals surface area contributed by atoms with Crippen LogP contribution in [-0.2, 0) is 10.0 Å². The highest BCUT2D eigenvalue weighted by Crippen LogP contribution is 2.31. The number of rotatable bonds is 7. The highest BCUT2D eigenvalue weighted by atomic mass is 35.5. The molecular formula is C25H23ClN4O4S. The summed E-state index contributed by atoms with van der Waals surface area (Å²) >= 11 is 5.93. The fourth-order valence-corrected chi connectivity index (χ4v) is 4.58. The predicted octanol–water partition coefficient (Wildman–Crippen LogP) is 5.00. The summed E-state index contributed by atoms with van der Waals surface area (Å²) in [7, 11) is -2.41. The first kappa shape index (κ1) is 24.3. The molecule has 0 aliphatic heterocycles. The van der Waals surface area contributed by atoms with Crippen molar-refractivity contribution in [1.82, 2.24) is 9.78 Å². The highest BCUT2D eigenvalue weighted by molar-refractivity contribution is 7.92. The topological polar surface area (TPSA) is 106 Å². The molecule has 0 saturated heterocycles. The minimum atomic E-state index is -3.84. The van der Waals surface area contributed by atoms with Gasteiger partial charge in [0.2, 0.25) is 0 Å². The fourth-order valence-electron chi connectivity index (χ4n) is 3.39. The largest absolute Gasteiger partial charge is 0.494 e. The Morgan fingerprint density at radius 3 is 2.37 bits per heavy atom. The number of hydrogen-bond acceptors (Lipinski definition) is 5. The Kier molecular flexibility index (Phi) is 6.81. The molecule has 1 heterocycles. The van der Waals surface area contributed by atoms with Crippen molar-refractivity contribution in [2.24, 2.45) is 4.99 Å². The molecule has 0 bridgehead atoms. The average molecular weight is 511 g/mol. The lowest BCUT2D eigenvalue weighted by Crippen LogP contribution is -2.17. The van der Waals surface area contributed by atoms with Gasteiger partial charge < -0.3 is 4.74 Å². The molecule has 10 heteroatoms. The summed E-state index contributed by atoms with van der Waals surface area (Å²) in [6.45, 7) is 3.68. The van der Waals surface area contributed by atoms with Gasteiger partial charge in [0.25, 0.3) is 15.6 Å². The number of aliphatic imine (C=N–C) groups is 1. The number of H-pyrrole nitrogens is 1. The fraction of sp³-hybridized carbons (Fsp3) is 0.120. The molecule has 0 amide bonds. The zero-order valence-electron chi connectivity index (χ0n) is 19.2. The Morgan fingerprint density at radius 1 is 1.03 bits per heavy atom. The first-order chi connectivity index (χ1) is 16.7. The van der Waals surface area contributed by atoms with Gasteiger partial charge in [-0.3, -0.25) is 19.6 Å². The van der Waals surface area contributed by atoms with Gasteiger partial charge >= 0.3 is 0 Å². The molecule has 0 spiro atoms. The average Bonchev–Trinajstić information content (AvgIpc) is 3.12. The maximum absolute atomic E-state index is 12.9. The summed E-state index contributed by atoms with van der Waals surface area (Å²) in [4.78, 5) is 17.3. The van der Waals surface area contributed by atoms with Crippen molar-refractivity contribution in [1.29, 1.82) is 0 Å². The first-order valence-electron chi connectivity index (χ1n) is 10.6. The van der Waals surface area contributed by atoms with Crippen LogP contribution in [0.3, 0.4) is 0 Å². The smallest absolute Gasteiger partial charge is 0.280 e. The van der Waals surface area contributed by atoms with Crippen molar-refractivity contribution in [3.63, 3.8) is 0 Å². The summed E-state index contributed by atoms with van der Waals surface area (Å²) in [6.07, 6.45) is 1.43. The number of aromatic amines is 1. The van der Waals surface area contributed by atoms with Crippen LogP contribution in [-0.4, -0.2) is 31.5 Å². The number of halogens is 1. The van der Waals surface area contributed by atoms with Gasteiger partial charge in [-0.25, -0.2) is 13.1 Å². The van der Waals surface area contributed by atoms with Crippen molar-refractivity contribution >= 4 is 39.2 Å². The van der Waals surface area contributed by atoms with Gasteiger partial charge in [-0.05, 0) is 62.4 Å². The molecule has 0 fully saturated rings. The first-order valence-corrected chi connectivity index (χ1v) is 12.4. The molecule has 0 atom stereocenters. The maximum Gasteiger partial charge on any atom is 0.280 e. The number of nitrogens with one attached hydrogen (secondary N) is 2. The zero-order chi connectivity index (χ0) is 25.2. The van der Waals surface area contributed by atoms with Crippen LogP contribution in [0.4, 0.5) is 11.4 Å². The number of ether oxygens (including phenoxy) is 1. The SMILES string of the molecule is COc1cc(S(=O)(=O)Nc2ccc(C)cc2)ccc1N=Cc1c(C)[nH]n(-c2ccc(Cl)cc2)c1=O. The van der Waals surface area contributed by atoms with E-state index in [0.29, 0.717) is 33.3 Å². The van der Waals surface area contributed by atoms with E-state index >= 15 is 0 Å². The van der Waals surface area contributed by atoms with Gasteiger partial charge in [0.05, 0.1) is 23.3 Å². The third kappa shape index (κ3) is 5.31. The van der Waals surface area contributed by atoms with Crippen molar-refractivity contribution in [2.75, 3.05) is 11.8 Å². The molecule has 0 radical (unpaired) electrons. The number of benzene rings is 3. The molecule has 3 aromatic carbocycles. The van der Waals surface area contributed by atoms with E-state index in [-0.39, 0.29) is 16.2 Å². The van der Waals surface area contributed by atoms with Gasteiger partial charge in [-0.1, -0.05) is 29.3 Å². The molecule has 8 nitrogen and oxygen atoms in total. The third-order valence-corrected chi connectivity index (χ3v) is 6.93. The number of sulfonamides is 1. The van der Waals surface area contributed by atoms with Crippen LogP contribution in [0.2, 0.25) is 5.02 Å². The minimum absolute atomic E-state index is 0.0248. The van der Waals surface area contributed by atoms with E-state index in [9.17, 15) is 13.2 Å². The van der Waals surface area contributed by atoms with Crippen molar-refractivity contribution < 1.29 is 13.2 Å². The number of hydrogen-bond donors (Lipinski definition) is 2. The molecule has 0 unspecified atom stereocenters. The van der Waals surface area contributed by atoms with Crippen LogP contribution in [0, 0.1) is 13.8 Å². The second kappa shape index (κ2) is 9.81. The molecule has 180 valence electrons. The summed E-state index contributed by atoms with van der Waals surface area (Å²) in [6, 6.07) is 18.2. The van der Waals surface area contributed by atoms with Crippen LogP contribution in [0.15, 0.2) is 81.4 Å². The number of nitrogens with zero attached hydrogens (tertiary/aromatic N) is 2. The number of methoxy groups -OCH3 is 1. The molecular weight excluding hydrogens is 488 g/mol. The van der Waals surface area contributed by atoms with E-state index in [1.54, 1.807) is 43.3 Å². The van der Waals surface area contributed by atoms with Crippen LogP contribution in [0.1, 0.15) is 16.8 Å². The van der Waals surface area contributed by atoms with Gasteiger partial charge in [0, 0.05) is 28.7 Å².